The second kappa shape index (κ2) is 15.4. The van der Waals surface area contributed by atoms with Gasteiger partial charge in [-0.05, 0) is 81.3 Å². The number of nitrogens with zero attached hydrogens (tertiary/aromatic N) is 2. The van der Waals surface area contributed by atoms with Crippen LogP contribution in [-0.2, 0) is 26.2 Å². The number of carbonyl (C=O) groups excluding carboxylic acids is 2. The molecule has 8 nitrogen and oxygen atoms in total. The van der Waals surface area contributed by atoms with Crippen LogP contribution >= 0.6 is 0 Å². The second-order valence-corrected chi connectivity index (χ2v) is 12.9. The fraction of sp³-hybridized carbons (Fsp3) is 0.278. The van der Waals surface area contributed by atoms with Gasteiger partial charge >= 0.3 is 0 Å². The molecule has 0 radical (unpaired) electrons. The van der Waals surface area contributed by atoms with E-state index in [4.69, 9.17) is 4.74 Å². The number of nitrogens with one attached hydrogen (secondary N) is 1. The maximum absolute atomic E-state index is 14.1. The molecule has 2 amide bonds. The van der Waals surface area contributed by atoms with Gasteiger partial charge in [0.05, 0.1) is 10.6 Å². The summed E-state index contributed by atoms with van der Waals surface area (Å²) in [6, 6.07) is 29.2. The fourth-order valence-electron chi connectivity index (χ4n) is 4.80. The number of carbonyl (C=O) groups is 2. The molecule has 0 saturated carbocycles. The summed E-state index contributed by atoms with van der Waals surface area (Å²) in [4.78, 5) is 28.8. The smallest absolute Gasteiger partial charge is 0.264 e. The van der Waals surface area contributed by atoms with Crippen LogP contribution in [-0.4, -0.2) is 44.3 Å². The van der Waals surface area contributed by atoms with Gasteiger partial charge in [-0.2, -0.15) is 0 Å². The number of benzene rings is 4. The van der Waals surface area contributed by atoms with E-state index in [9.17, 15) is 18.0 Å². The molecule has 0 aliphatic heterocycles. The second-order valence-electron chi connectivity index (χ2n) is 11.1. The van der Waals surface area contributed by atoms with Crippen LogP contribution in [0.1, 0.15) is 43.4 Å². The van der Waals surface area contributed by atoms with Crippen molar-refractivity contribution in [3.05, 3.63) is 120 Å². The number of hydrogen-bond acceptors (Lipinski definition) is 5. The van der Waals surface area contributed by atoms with Crippen molar-refractivity contribution in [3.63, 3.8) is 0 Å². The third-order valence-corrected chi connectivity index (χ3v) is 9.21. The molecule has 1 N–H and O–H groups in total. The number of anilines is 1. The van der Waals surface area contributed by atoms with Gasteiger partial charge in [-0.1, -0.05) is 79.1 Å². The first-order valence-corrected chi connectivity index (χ1v) is 16.6. The largest absolute Gasteiger partial charge is 0.457 e. The number of unbranched alkanes of at least 4 members (excludes halogenated alkanes) is 1. The number of ether oxygens (including phenoxy) is 1. The molecule has 0 saturated heterocycles. The normalized spacial score (nSPS) is 11.8. The first kappa shape index (κ1) is 33.3. The molecule has 236 valence electrons. The van der Waals surface area contributed by atoms with Crippen molar-refractivity contribution in [3.8, 4) is 11.5 Å². The Bertz CT molecular complexity index is 1670. The minimum Gasteiger partial charge on any atom is -0.457 e. The van der Waals surface area contributed by atoms with Crippen LogP contribution in [0.3, 0.4) is 0 Å². The summed E-state index contributed by atoms with van der Waals surface area (Å²) in [5, 5.41) is 2.91. The summed E-state index contributed by atoms with van der Waals surface area (Å²) < 4.78 is 35.2. The lowest BCUT2D eigenvalue weighted by Gasteiger charge is -2.32. The maximum atomic E-state index is 14.1. The Morgan fingerprint density at radius 2 is 1.49 bits per heavy atom. The highest BCUT2D eigenvalue weighted by Gasteiger charge is 2.32. The molecule has 4 rings (SSSR count). The number of rotatable bonds is 14. The zero-order valence-corrected chi connectivity index (χ0v) is 27.1. The first-order chi connectivity index (χ1) is 21.6. The minimum absolute atomic E-state index is 0.0566. The van der Waals surface area contributed by atoms with E-state index in [1.165, 1.54) is 17.0 Å². The van der Waals surface area contributed by atoms with E-state index in [-0.39, 0.29) is 17.3 Å². The van der Waals surface area contributed by atoms with Crippen molar-refractivity contribution in [1.82, 2.24) is 10.2 Å². The Balaban J connectivity index is 1.69. The zero-order valence-electron chi connectivity index (χ0n) is 26.3. The predicted octanol–water partition coefficient (Wildman–Crippen LogP) is 6.62. The topological polar surface area (TPSA) is 96.0 Å². The molecule has 0 fully saturated rings. The van der Waals surface area contributed by atoms with Gasteiger partial charge in [-0.25, -0.2) is 8.42 Å². The Hall–Kier alpha value is -4.63. The van der Waals surface area contributed by atoms with Gasteiger partial charge in [0.1, 0.15) is 24.1 Å². The summed E-state index contributed by atoms with van der Waals surface area (Å²) in [5.74, 6) is 0.361. The molecular weight excluding hydrogens is 586 g/mol. The summed E-state index contributed by atoms with van der Waals surface area (Å²) >= 11 is 0. The maximum Gasteiger partial charge on any atom is 0.264 e. The quantitative estimate of drug-likeness (QED) is 0.159. The van der Waals surface area contributed by atoms with Gasteiger partial charge < -0.3 is 15.0 Å². The van der Waals surface area contributed by atoms with Crippen molar-refractivity contribution in [2.24, 2.45) is 0 Å². The average molecular weight is 628 g/mol. The minimum atomic E-state index is -4.17. The predicted molar refractivity (Wildman–Crippen MR) is 178 cm³/mol. The molecule has 9 heteroatoms. The highest BCUT2D eigenvalue weighted by molar-refractivity contribution is 7.92. The zero-order chi connectivity index (χ0) is 32.4. The van der Waals surface area contributed by atoms with Gasteiger partial charge in [0.25, 0.3) is 10.0 Å². The van der Waals surface area contributed by atoms with Gasteiger partial charge in [-0.3, -0.25) is 13.9 Å². The summed E-state index contributed by atoms with van der Waals surface area (Å²) in [7, 11) is -4.17. The van der Waals surface area contributed by atoms with Crippen molar-refractivity contribution in [2.45, 2.75) is 58.0 Å². The van der Waals surface area contributed by atoms with Gasteiger partial charge in [0.2, 0.25) is 11.8 Å². The van der Waals surface area contributed by atoms with Crippen molar-refractivity contribution < 1.29 is 22.7 Å². The molecule has 0 heterocycles. The molecule has 1 atom stereocenters. The summed E-state index contributed by atoms with van der Waals surface area (Å²) in [6.45, 7) is 7.67. The van der Waals surface area contributed by atoms with E-state index in [0.29, 0.717) is 23.7 Å². The number of para-hydroxylation sites is 1. The molecule has 45 heavy (non-hydrogen) atoms. The Morgan fingerprint density at radius 3 is 2.13 bits per heavy atom. The van der Waals surface area contributed by atoms with Gasteiger partial charge in [0.15, 0.2) is 0 Å². The molecule has 4 aromatic carbocycles. The van der Waals surface area contributed by atoms with Crippen LogP contribution < -0.4 is 14.4 Å². The van der Waals surface area contributed by atoms with E-state index in [1.807, 2.05) is 75.4 Å². The van der Waals surface area contributed by atoms with Crippen LogP contribution in [0, 0.1) is 13.8 Å². The number of hydrogen-bond donors (Lipinski definition) is 1. The van der Waals surface area contributed by atoms with Crippen LogP contribution in [0.2, 0.25) is 0 Å². The standard InChI is InChI=1S/C36H41N3O5S/c1-5-6-23-37-36(41)29(4)38(25-30-12-10-11-28(3)24-30)35(40)26-39(45(42,43)34-21-15-27(2)16-22-34)31-17-19-33(20-18-31)44-32-13-8-7-9-14-32/h7-22,24,29H,5-6,23,25-26H2,1-4H3,(H,37,41)/t29-/m1/s1. The lowest BCUT2D eigenvalue weighted by molar-refractivity contribution is -0.139. The first-order valence-electron chi connectivity index (χ1n) is 15.1. The van der Waals surface area contributed by atoms with Crippen LogP contribution in [0.15, 0.2) is 108 Å². The third-order valence-electron chi connectivity index (χ3n) is 7.42. The lowest BCUT2D eigenvalue weighted by Crippen LogP contribution is -2.51. The molecule has 0 aromatic heterocycles. The van der Waals surface area contributed by atoms with Gasteiger partial charge in [0, 0.05) is 13.1 Å². The SMILES string of the molecule is CCCCNC(=O)[C@@H](C)N(Cc1cccc(C)c1)C(=O)CN(c1ccc(Oc2ccccc2)cc1)S(=O)(=O)c1ccc(C)cc1. The Labute approximate surface area is 266 Å². The number of amides is 2. The van der Waals surface area contributed by atoms with Crippen molar-refractivity contribution in [1.29, 1.82) is 0 Å². The monoisotopic (exact) mass is 627 g/mol. The van der Waals surface area contributed by atoms with E-state index in [0.717, 1.165) is 33.8 Å². The molecule has 0 unspecified atom stereocenters. The summed E-state index contributed by atoms with van der Waals surface area (Å²) in [5.41, 5.74) is 3.05. The van der Waals surface area contributed by atoms with E-state index in [1.54, 1.807) is 43.3 Å². The lowest BCUT2D eigenvalue weighted by atomic mass is 10.1. The molecule has 0 spiro atoms. The third kappa shape index (κ3) is 8.95. The molecule has 0 aliphatic carbocycles. The highest BCUT2D eigenvalue weighted by atomic mass is 32.2. The summed E-state index contributed by atoms with van der Waals surface area (Å²) in [6.07, 6.45) is 1.73. The van der Waals surface area contributed by atoms with Crippen molar-refractivity contribution in [2.75, 3.05) is 17.4 Å². The fourth-order valence-corrected chi connectivity index (χ4v) is 6.21. The molecule has 0 bridgehead atoms. The number of aryl methyl sites for hydroxylation is 2. The molecule has 4 aromatic rings. The van der Waals surface area contributed by atoms with Gasteiger partial charge in [-0.15, -0.1) is 0 Å². The molecular formula is C36H41N3O5S. The Kier molecular flexibility index (Phi) is 11.4. The molecule has 0 aliphatic rings. The van der Waals surface area contributed by atoms with Crippen LogP contribution in [0.5, 0.6) is 11.5 Å². The average Bonchev–Trinajstić information content (AvgIpc) is 3.03. The van der Waals surface area contributed by atoms with E-state index in [2.05, 4.69) is 5.32 Å². The van der Waals surface area contributed by atoms with E-state index < -0.39 is 28.5 Å². The van der Waals surface area contributed by atoms with Crippen molar-refractivity contribution >= 4 is 27.5 Å². The van der Waals surface area contributed by atoms with Crippen LogP contribution in [0.4, 0.5) is 5.69 Å². The number of sulfonamides is 1. The van der Waals surface area contributed by atoms with E-state index >= 15 is 0 Å². The Morgan fingerprint density at radius 1 is 0.822 bits per heavy atom. The van der Waals surface area contributed by atoms with Crippen LogP contribution in [0.25, 0.3) is 0 Å². The highest BCUT2D eigenvalue weighted by Crippen LogP contribution is 2.29.